The van der Waals surface area contributed by atoms with Crippen molar-refractivity contribution in [3.05, 3.63) is 12.3 Å². The molecule has 0 spiro atoms. The predicted molar refractivity (Wildman–Crippen MR) is 65.8 cm³/mol. The minimum Gasteiger partial charge on any atom is -0.304 e. The zero-order valence-corrected chi connectivity index (χ0v) is 12.0. The van der Waals surface area contributed by atoms with E-state index in [2.05, 4.69) is 0 Å². The van der Waals surface area contributed by atoms with E-state index in [1.54, 1.807) is 40.7 Å². The van der Waals surface area contributed by atoms with E-state index in [0.717, 1.165) is 5.06 Å². The second-order valence-electron chi connectivity index (χ2n) is 4.96. The predicted octanol–water partition coefficient (Wildman–Crippen LogP) is 3.35. The maximum atomic E-state index is 12.9. The molecule has 0 amide bonds. The number of hydrogen-bond acceptors (Lipinski definition) is 5. The number of rotatable bonds is 5. The fourth-order valence-electron chi connectivity index (χ4n) is 1.67. The Hall–Kier alpha value is -0.350. The third kappa shape index (κ3) is 2.91. The summed E-state index contributed by atoms with van der Waals surface area (Å²) in [4.78, 5) is 0. The molecule has 1 atom stereocenters. The highest BCUT2D eigenvalue weighted by Gasteiger charge is 2.53. The van der Waals surface area contributed by atoms with Gasteiger partial charge in [-0.15, -0.1) is 0 Å². The molecule has 0 saturated carbocycles. The van der Waals surface area contributed by atoms with Gasteiger partial charge < -0.3 is 9.05 Å². The fourth-order valence-corrected chi connectivity index (χ4v) is 3.93. The van der Waals surface area contributed by atoms with Crippen LogP contribution in [0.3, 0.4) is 0 Å². The van der Waals surface area contributed by atoms with Crippen LogP contribution in [-0.2, 0) is 13.6 Å². The Balaban J connectivity index is 3.01. The number of nitrogens with zero attached hydrogens (tertiary/aromatic N) is 1. The van der Waals surface area contributed by atoms with Crippen molar-refractivity contribution < 1.29 is 18.8 Å². The molecule has 0 aromatic heterocycles. The molecule has 1 rings (SSSR count). The average Bonchev–Trinajstić information content (AvgIpc) is 2.45. The minimum atomic E-state index is -3.43. The van der Waals surface area contributed by atoms with Crippen LogP contribution in [0.15, 0.2) is 12.3 Å². The minimum absolute atomic E-state index is 0.231. The molecule has 1 aliphatic rings. The summed E-state index contributed by atoms with van der Waals surface area (Å²) in [6.45, 7) is 8.86. The molecule has 5 nitrogen and oxygen atoms in total. The van der Waals surface area contributed by atoms with Gasteiger partial charge in [0.2, 0.25) is 0 Å². The molecule has 0 aromatic carbocycles. The molecule has 0 radical (unpaired) electrons. The third-order valence-electron chi connectivity index (χ3n) is 2.53. The van der Waals surface area contributed by atoms with E-state index in [0.29, 0.717) is 6.42 Å². The molecule has 0 bridgehead atoms. The van der Waals surface area contributed by atoms with Crippen LogP contribution in [-0.4, -0.2) is 27.8 Å². The van der Waals surface area contributed by atoms with E-state index < -0.39 is 12.9 Å². The molecule has 0 aromatic rings. The van der Waals surface area contributed by atoms with Crippen LogP contribution >= 0.6 is 7.60 Å². The summed E-state index contributed by atoms with van der Waals surface area (Å²) in [5.41, 5.74) is 0. The lowest BCUT2D eigenvalue weighted by Gasteiger charge is -2.38. The Morgan fingerprint density at radius 3 is 2.06 bits per heavy atom. The number of hydroxylamine groups is 2. The summed E-state index contributed by atoms with van der Waals surface area (Å²) >= 11 is 0. The van der Waals surface area contributed by atoms with Gasteiger partial charge in [-0.3, -0.25) is 9.77 Å². The van der Waals surface area contributed by atoms with Crippen LogP contribution in [0, 0.1) is 0 Å². The Morgan fingerprint density at radius 1 is 1.29 bits per heavy atom. The van der Waals surface area contributed by atoms with Crippen LogP contribution in [0.1, 0.15) is 41.0 Å². The Kier molecular flexibility index (Phi) is 4.42. The number of hydrogen-bond donors (Lipinski definition) is 1. The molecule has 0 fully saturated rings. The van der Waals surface area contributed by atoms with Crippen molar-refractivity contribution in [1.82, 2.24) is 5.06 Å². The smallest absolute Gasteiger partial charge is 0.304 e. The van der Waals surface area contributed by atoms with Crippen molar-refractivity contribution in [3.8, 4) is 0 Å². The topological polar surface area (TPSA) is 59.0 Å². The Labute approximate surface area is 103 Å². The SMILES string of the molecule is CC(C)OP(=O)(OC(C)C)C1(C)CC=CN1O. The molecule has 17 heavy (non-hydrogen) atoms. The van der Waals surface area contributed by atoms with Gasteiger partial charge in [0.15, 0.2) is 5.28 Å². The van der Waals surface area contributed by atoms with E-state index in [-0.39, 0.29) is 12.2 Å². The van der Waals surface area contributed by atoms with Gasteiger partial charge in [0.05, 0.1) is 12.2 Å². The first-order chi connectivity index (χ1) is 7.71. The summed E-state index contributed by atoms with van der Waals surface area (Å²) < 4.78 is 23.9. The highest BCUT2D eigenvalue weighted by atomic mass is 31.2. The van der Waals surface area contributed by atoms with Crippen molar-refractivity contribution in [2.24, 2.45) is 0 Å². The molecule has 1 N–H and O–H groups in total. The van der Waals surface area contributed by atoms with E-state index in [9.17, 15) is 9.77 Å². The lowest BCUT2D eigenvalue weighted by Crippen LogP contribution is -2.39. The van der Waals surface area contributed by atoms with Crippen LogP contribution in [0.25, 0.3) is 0 Å². The quantitative estimate of drug-likeness (QED) is 0.771. The van der Waals surface area contributed by atoms with Gasteiger partial charge in [0.1, 0.15) is 0 Å². The van der Waals surface area contributed by atoms with Crippen molar-refractivity contribution >= 4 is 7.60 Å². The molecule has 1 unspecified atom stereocenters. The van der Waals surface area contributed by atoms with Gasteiger partial charge in [-0.05, 0) is 34.6 Å². The van der Waals surface area contributed by atoms with E-state index >= 15 is 0 Å². The molecule has 0 saturated heterocycles. The van der Waals surface area contributed by atoms with Crippen LogP contribution in [0.5, 0.6) is 0 Å². The maximum absolute atomic E-state index is 12.9. The maximum Gasteiger partial charge on any atom is 0.358 e. The highest BCUT2D eigenvalue weighted by Crippen LogP contribution is 2.65. The van der Waals surface area contributed by atoms with Gasteiger partial charge in [-0.25, -0.2) is 5.06 Å². The van der Waals surface area contributed by atoms with Gasteiger partial charge in [-0.2, -0.15) is 0 Å². The van der Waals surface area contributed by atoms with E-state index in [4.69, 9.17) is 9.05 Å². The summed E-state index contributed by atoms with van der Waals surface area (Å²) in [6, 6.07) is 0. The second-order valence-corrected chi connectivity index (χ2v) is 7.34. The third-order valence-corrected chi connectivity index (χ3v) is 5.50. The van der Waals surface area contributed by atoms with Gasteiger partial charge in [0, 0.05) is 12.6 Å². The summed E-state index contributed by atoms with van der Waals surface area (Å²) in [6.07, 6.45) is 3.20. The molecular formula is C11H22NO4P. The molecule has 6 heteroatoms. The zero-order valence-electron chi connectivity index (χ0n) is 11.1. The van der Waals surface area contributed by atoms with Gasteiger partial charge >= 0.3 is 7.60 Å². The van der Waals surface area contributed by atoms with E-state index in [1.165, 1.54) is 6.20 Å². The van der Waals surface area contributed by atoms with Crippen LogP contribution in [0.4, 0.5) is 0 Å². The van der Waals surface area contributed by atoms with Gasteiger partial charge in [0.25, 0.3) is 0 Å². The van der Waals surface area contributed by atoms with Crippen molar-refractivity contribution in [1.29, 1.82) is 0 Å². The fraction of sp³-hybridized carbons (Fsp3) is 0.818. The first kappa shape index (κ1) is 14.7. The van der Waals surface area contributed by atoms with Gasteiger partial charge in [-0.1, -0.05) is 6.08 Å². The Bertz CT molecular complexity index is 328. The zero-order chi connectivity index (χ0) is 13.3. The van der Waals surface area contributed by atoms with Crippen LogP contribution in [0.2, 0.25) is 0 Å². The van der Waals surface area contributed by atoms with Crippen molar-refractivity contribution in [2.75, 3.05) is 0 Å². The lowest BCUT2D eigenvalue weighted by molar-refractivity contribution is -0.0929. The summed E-state index contributed by atoms with van der Waals surface area (Å²) in [5, 5.41) is 9.71. The first-order valence-corrected chi connectivity index (χ1v) is 7.37. The lowest BCUT2D eigenvalue weighted by atomic mass is 10.3. The monoisotopic (exact) mass is 263 g/mol. The average molecular weight is 263 g/mol. The molecule has 1 aliphatic heterocycles. The second kappa shape index (κ2) is 5.11. The summed E-state index contributed by atoms with van der Waals surface area (Å²) in [5.74, 6) is 0. The van der Waals surface area contributed by atoms with Crippen LogP contribution < -0.4 is 0 Å². The summed E-state index contributed by atoms with van der Waals surface area (Å²) in [7, 11) is -3.43. The molecular weight excluding hydrogens is 241 g/mol. The van der Waals surface area contributed by atoms with E-state index in [1.807, 2.05) is 0 Å². The highest BCUT2D eigenvalue weighted by molar-refractivity contribution is 7.55. The first-order valence-electron chi connectivity index (χ1n) is 5.83. The van der Waals surface area contributed by atoms with Crippen molar-refractivity contribution in [3.63, 3.8) is 0 Å². The largest absolute Gasteiger partial charge is 0.358 e. The standard InChI is InChI=1S/C11H22NO4P/c1-9(2)15-17(14,16-10(3)4)11(5)7-6-8-12(11)13/h6,8-10,13H,7H2,1-5H3. The molecule has 0 aliphatic carbocycles. The molecule has 100 valence electrons. The molecule has 1 heterocycles. The van der Waals surface area contributed by atoms with Crippen molar-refractivity contribution in [2.45, 2.75) is 58.5 Å². The normalized spacial score (nSPS) is 25.3. The Morgan fingerprint density at radius 2 is 1.76 bits per heavy atom.